The van der Waals surface area contributed by atoms with Crippen molar-refractivity contribution in [1.82, 2.24) is 5.32 Å². The summed E-state index contributed by atoms with van der Waals surface area (Å²) in [5, 5.41) is 7.31. The summed E-state index contributed by atoms with van der Waals surface area (Å²) in [6, 6.07) is 14.6. The first kappa shape index (κ1) is 17.0. The van der Waals surface area contributed by atoms with Gasteiger partial charge in [-0.1, -0.05) is 60.1 Å². The van der Waals surface area contributed by atoms with E-state index >= 15 is 0 Å². The van der Waals surface area contributed by atoms with Crippen LogP contribution in [0.2, 0.25) is 0 Å². The third kappa shape index (κ3) is 4.55. The highest BCUT2D eigenvalue weighted by atomic mass is 79.9. The molecule has 0 aliphatic rings. The third-order valence-corrected chi connectivity index (χ3v) is 4.32. The largest absolute Gasteiger partial charge is 0.358 e. The van der Waals surface area contributed by atoms with Crippen LogP contribution in [0.1, 0.15) is 30.5 Å². The Balaban J connectivity index is 2.03. The van der Waals surface area contributed by atoms with Crippen molar-refractivity contribution in [1.29, 1.82) is 0 Å². The average Bonchev–Trinajstić information content (AvgIpc) is 2.53. The van der Waals surface area contributed by atoms with E-state index in [0.717, 1.165) is 23.0 Å². The highest BCUT2D eigenvalue weighted by Gasteiger charge is 2.07. The van der Waals surface area contributed by atoms with Gasteiger partial charge in [0.05, 0.1) is 0 Å². The van der Waals surface area contributed by atoms with Crippen molar-refractivity contribution in [3.05, 3.63) is 63.6 Å². The van der Waals surface area contributed by atoms with Gasteiger partial charge in [0.1, 0.15) is 0 Å². The maximum Gasteiger partial charge on any atom is 0.171 e. The summed E-state index contributed by atoms with van der Waals surface area (Å²) < 4.78 is 1.08. The van der Waals surface area contributed by atoms with Crippen molar-refractivity contribution in [2.45, 2.75) is 33.2 Å². The van der Waals surface area contributed by atoms with E-state index in [1.54, 1.807) is 0 Å². The molecule has 4 heteroatoms. The number of hydrogen-bond acceptors (Lipinski definition) is 1. The molecule has 2 rings (SSSR count). The van der Waals surface area contributed by atoms with E-state index in [4.69, 9.17) is 12.2 Å². The van der Waals surface area contributed by atoms with Crippen molar-refractivity contribution in [3.63, 3.8) is 0 Å². The molecular formula is C18H21BrN2S. The van der Waals surface area contributed by atoms with Gasteiger partial charge >= 0.3 is 0 Å². The molecule has 116 valence electrons. The number of rotatable bonds is 5. The number of benzene rings is 2. The molecule has 0 amide bonds. The second-order valence-electron chi connectivity index (χ2n) is 5.10. The Bertz CT molecular complexity index is 633. The van der Waals surface area contributed by atoms with E-state index in [9.17, 15) is 0 Å². The van der Waals surface area contributed by atoms with Gasteiger partial charge in [-0.3, -0.25) is 0 Å². The molecule has 2 nitrogen and oxygen atoms in total. The molecular weight excluding hydrogens is 356 g/mol. The lowest BCUT2D eigenvalue weighted by Gasteiger charge is -2.17. The number of anilines is 1. The maximum absolute atomic E-state index is 5.45. The molecule has 0 fully saturated rings. The Hall–Kier alpha value is -1.39. The fourth-order valence-electron chi connectivity index (χ4n) is 2.39. The van der Waals surface area contributed by atoms with E-state index in [-0.39, 0.29) is 0 Å². The van der Waals surface area contributed by atoms with Crippen molar-refractivity contribution < 1.29 is 0 Å². The topological polar surface area (TPSA) is 24.1 Å². The summed E-state index contributed by atoms with van der Waals surface area (Å²) in [5.74, 6) is 0. The Kier molecular flexibility index (Phi) is 6.40. The fraction of sp³-hybridized carbons (Fsp3) is 0.278. The van der Waals surface area contributed by atoms with Gasteiger partial charge in [0.25, 0.3) is 0 Å². The standard InChI is InChI=1S/C18H21BrN2S/c1-3-14-8-6-9-15(4-2)17(14)21-18(22)20-12-13-7-5-10-16(19)11-13/h5-11H,3-4,12H2,1-2H3,(H2,20,21,22). The van der Waals surface area contributed by atoms with Crippen molar-refractivity contribution in [3.8, 4) is 0 Å². The first-order valence-corrected chi connectivity index (χ1v) is 8.74. The number of halogens is 1. The normalized spacial score (nSPS) is 10.3. The zero-order valence-electron chi connectivity index (χ0n) is 12.9. The first-order valence-electron chi connectivity index (χ1n) is 7.54. The van der Waals surface area contributed by atoms with Crippen molar-refractivity contribution in [2.75, 3.05) is 5.32 Å². The van der Waals surface area contributed by atoms with E-state index < -0.39 is 0 Å². The highest BCUT2D eigenvalue weighted by molar-refractivity contribution is 9.10. The second kappa shape index (κ2) is 8.30. The minimum Gasteiger partial charge on any atom is -0.358 e. The SMILES string of the molecule is CCc1cccc(CC)c1NC(=S)NCc1cccc(Br)c1. The summed E-state index contributed by atoms with van der Waals surface area (Å²) in [6.45, 7) is 5.04. The molecule has 0 unspecified atom stereocenters. The molecule has 0 radical (unpaired) electrons. The summed E-state index contributed by atoms with van der Waals surface area (Å²) in [5.41, 5.74) is 4.94. The molecule has 0 bridgehead atoms. The van der Waals surface area contributed by atoms with E-state index in [1.807, 2.05) is 12.1 Å². The number of thiocarbonyl (C=S) groups is 1. The Labute approximate surface area is 146 Å². The van der Waals surface area contributed by atoms with Gasteiger partial charge in [-0.25, -0.2) is 0 Å². The second-order valence-corrected chi connectivity index (χ2v) is 6.42. The summed E-state index contributed by atoms with van der Waals surface area (Å²) in [6.07, 6.45) is 1.98. The molecule has 0 atom stereocenters. The van der Waals surface area contributed by atoms with Crippen LogP contribution in [0, 0.1) is 0 Å². The number of hydrogen-bond donors (Lipinski definition) is 2. The Morgan fingerprint density at radius 3 is 2.27 bits per heavy atom. The quantitative estimate of drug-likeness (QED) is 0.713. The summed E-state index contributed by atoms with van der Waals surface area (Å²) >= 11 is 8.93. The van der Waals surface area contributed by atoms with Crippen LogP contribution in [0.15, 0.2) is 46.9 Å². The van der Waals surface area contributed by atoms with Crippen LogP contribution in [-0.2, 0) is 19.4 Å². The molecule has 22 heavy (non-hydrogen) atoms. The number of para-hydroxylation sites is 1. The highest BCUT2D eigenvalue weighted by Crippen LogP contribution is 2.22. The third-order valence-electron chi connectivity index (χ3n) is 3.58. The van der Waals surface area contributed by atoms with Crippen LogP contribution < -0.4 is 10.6 Å². The lowest BCUT2D eigenvalue weighted by Crippen LogP contribution is -2.28. The first-order chi connectivity index (χ1) is 10.6. The van der Waals surface area contributed by atoms with E-state index in [1.165, 1.54) is 16.7 Å². The molecule has 0 spiro atoms. The van der Waals surface area contributed by atoms with Gasteiger partial charge in [0, 0.05) is 16.7 Å². The zero-order valence-corrected chi connectivity index (χ0v) is 15.4. The minimum absolute atomic E-state index is 0.663. The smallest absolute Gasteiger partial charge is 0.171 e. The lowest BCUT2D eigenvalue weighted by atomic mass is 10.0. The predicted octanol–water partition coefficient (Wildman–Crippen LogP) is 5.06. The molecule has 2 aromatic carbocycles. The van der Waals surface area contributed by atoms with Crippen molar-refractivity contribution in [2.24, 2.45) is 0 Å². The molecule has 0 heterocycles. The molecule has 0 aliphatic carbocycles. The molecule has 0 saturated heterocycles. The lowest BCUT2D eigenvalue weighted by molar-refractivity contribution is 0.923. The van der Waals surface area contributed by atoms with Gasteiger partial charge < -0.3 is 10.6 Å². The maximum atomic E-state index is 5.45. The molecule has 0 aromatic heterocycles. The van der Waals surface area contributed by atoms with Crippen LogP contribution in [-0.4, -0.2) is 5.11 Å². The van der Waals surface area contributed by atoms with Crippen LogP contribution in [0.3, 0.4) is 0 Å². The monoisotopic (exact) mass is 376 g/mol. The zero-order chi connectivity index (χ0) is 15.9. The van der Waals surface area contributed by atoms with E-state index in [0.29, 0.717) is 11.7 Å². The van der Waals surface area contributed by atoms with Crippen LogP contribution in [0.5, 0.6) is 0 Å². The molecule has 2 aromatic rings. The van der Waals surface area contributed by atoms with Gasteiger partial charge in [-0.2, -0.15) is 0 Å². The average molecular weight is 377 g/mol. The summed E-state index contributed by atoms with van der Waals surface area (Å²) in [4.78, 5) is 0. The predicted molar refractivity (Wildman–Crippen MR) is 102 cm³/mol. The number of nitrogens with one attached hydrogen (secondary N) is 2. The van der Waals surface area contributed by atoms with Crippen LogP contribution >= 0.6 is 28.1 Å². The molecule has 0 aliphatic heterocycles. The van der Waals surface area contributed by atoms with Gasteiger partial charge in [0.2, 0.25) is 0 Å². The molecule has 0 saturated carbocycles. The minimum atomic E-state index is 0.663. The van der Waals surface area contributed by atoms with Gasteiger partial charge in [0.15, 0.2) is 5.11 Å². The van der Waals surface area contributed by atoms with Crippen LogP contribution in [0.4, 0.5) is 5.69 Å². The van der Waals surface area contributed by atoms with Gasteiger partial charge in [-0.15, -0.1) is 0 Å². The van der Waals surface area contributed by atoms with E-state index in [2.05, 4.69) is 70.7 Å². The Morgan fingerprint density at radius 1 is 1.05 bits per heavy atom. The number of aryl methyl sites for hydroxylation is 2. The van der Waals surface area contributed by atoms with Gasteiger partial charge in [-0.05, 0) is 53.9 Å². The van der Waals surface area contributed by atoms with Crippen LogP contribution in [0.25, 0.3) is 0 Å². The molecule has 2 N–H and O–H groups in total. The summed E-state index contributed by atoms with van der Waals surface area (Å²) in [7, 11) is 0. The Morgan fingerprint density at radius 2 is 1.68 bits per heavy atom. The van der Waals surface area contributed by atoms with Crippen molar-refractivity contribution >= 4 is 38.9 Å². The fourth-order valence-corrected chi connectivity index (χ4v) is 3.01.